The van der Waals surface area contributed by atoms with E-state index >= 15 is 0 Å². The largest absolute Gasteiger partial charge is 0.496 e. The van der Waals surface area contributed by atoms with E-state index in [-0.39, 0.29) is 17.1 Å². The van der Waals surface area contributed by atoms with Gasteiger partial charge < -0.3 is 20.9 Å². The molecular weight excluding hydrogens is 348 g/mol. The highest BCUT2D eigenvalue weighted by Crippen LogP contribution is 2.37. The first-order chi connectivity index (χ1) is 11.7. The van der Waals surface area contributed by atoms with Crippen molar-refractivity contribution in [2.24, 2.45) is 10.2 Å². The van der Waals surface area contributed by atoms with Gasteiger partial charge in [0.2, 0.25) is 0 Å². The number of methoxy groups -OCH3 is 2. The number of aryl methyl sites for hydroxylation is 1. The molecule has 9 nitrogen and oxygen atoms in total. The molecule has 0 saturated heterocycles. The fourth-order valence-corrected chi connectivity index (χ4v) is 2.75. The number of hydrogen-bond donors (Lipinski definition) is 3. The van der Waals surface area contributed by atoms with Crippen LogP contribution in [-0.4, -0.2) is 27.2 Å². The lowest BCUT2D eigenvalue weighted by molar-refractivity contribution is 0.401. The Labute approximate surface area is 145 Å². The first kappa shape index (κ1) is 18.5. The van der Waals surface area contributed by atoms with Gasteiger partial charge >= 0.3 is 0 Å². The second-order valence-electron chi connectivity index (χ2n) is 5.12. The standard InChI is InChI=1S/C15H18N4O5S/c1-8-4-14(24-3)12(6-13(8)23-2)19-18-11-7-15(25(20,21)22)10(17)5-9(11)16/h4-7H,16-17H2,1-3H3,(H,20,21,22). The molecule has 0 fully saturated rings. The van der Waals surface area contributed by atoms with Gasteiger partial charge in [-0.2, -0.15) is 8.42 Å². The Hall–Kier alpha value is -2.85. The minimum absolute atomic E-state index is 0.0309. The molecule has 0 amide bonds. The molecular formula is C15H18N4O5S. The molecule has 5 N–H and O–H groups in total. The van der Waals surface area contributed by atoms with Crippen molar-refractivity contribution in [3.8, 4) is 11.5 Å². The molecule has 0 aliphatic rings. The molecule has 0 atom stereocenters. The lowest BCUT2D eigenvalue weighted by atomic mass is 10.2. The number of hydrogen-bond acceptors (Lipinski definition) is 8. The van der Waals surface area contributed by atoms with Crippen molar-refractivity contribution in [2.45, 2.75) is 11.8 Å². The summed E-state index contributed by atoms with van der Waals surface area (Å²) in [5.74, 6) is 1.03. The van der Waals surface area contributed by atoms with E-state index in [4.69, 9.17) is 20.9 Å². The van der Waals surface area contributed by atoms with Gasteiger partial charge in [0.05, 0.1) is 25.6 Å². The Morgan fingerprint density at radius 3 is 2.08 bits per heavy atom. The predicted molar refractivity (Wildman–Crippen MR) is 93.5 cm³/mol. The van der Waals surface area contributed by atoms with Gasteiger partial charge in [-0.05, 0) is 30.7 Å². The quantitative estimate of drug-likeness (QED) is 0.418. The van der Waals surface area contributed by atoms with Gasteiger partial charge in [0.15, 0.2) is 0 Å². The molecule has 134 valence electrons. The van der Waals surface area contributed by atoms with E-state index in [2.05, 4.69) is 10.2 Å². The molecule has 0 aliphatic carbocycles. The average molecular weight is 366 g/mol. The van der Waals surface area contributed by atoms with Crippen molar-refractivity contribution in [3.63, 3.8) is 0 Å². The van der Waals surface area contributed by atoms with E-state index in [9.17, 15) is 13.0 Å². The van der Waals surface area contributed by atoms with Crippen LogP contribution in [0.15, 0.2) is 39.4 Å². The van der Waals surface area contributed by atoms with Crippen LogP contribution in [0.5, 0.6) is 11.5 Å². The van der Waals surface area contributed by atoms with Gasteiger partial charge in [0.25, 0.3) is 10.1 Å². The summed E-state index contributed by atoms with van der Waals surface area (Å²) in [4.78, 5) is -0.496. The molecule has 0 bridgehead atoms. The fraction of sp³-hybridized carbons (Fsp3) is 0.200. The third-order valence-electron chi connectivity index (χ3n) is 3.40. The summed E-state index contributed by atoms with van der Waals surface area (Å²) in [6.45, 7) is 1.85. The Morgan fingerprint density at radius 1 is 0.920 bits per heavy atom. The van der Waals surface area contributed by atoms with Crippen molar-refractivity contribution in [2.75, 3.05) is 25.7 Å². The van der Waals surface area contributed by atoms with E-state index in [1.807, 2.05) is 6.92 Å². The van der Waals surface area contributed by atoms with Crippen LogP contribution in [0, 0.1) is 6.92 Å². The Kier molecular flexibility index (Phi) is 5.14. The first-order valence-electron chi connectivity index (χ1n) is 6.98. The first-order valence-corrected chi connectivity index (χ1v) is 8.42. The van der Waals surface area contributed by atoms with Crippen molar-refractivity contribution < 1.29 is 22.4 Å². The van der Waals surface area contributed by atoms with Gasteiger partial charge in [-0.1, -0.05) is 0 Å². The summed E-state index contributed by atoms with van der Waals surface area (Å²) in [7, 11) is -1.51. The number of nitrogens with two attached hydrogens (primary N) is 2. The summed E-state index contributed by atoms with van der Waals surface area (Å²) in [6, 6.07) is 5.57. The maximum Gasteiger partial charge on any atom is 0.296 e. The van der Waals surface area contributed by atoms with E-state index in [0.717, 1.165) is 11.6 Å². The fourth-order valence-electron chi connectivity index (χ4n) is 2.13. The predicted octanol–water partition coefficient (Wildman–Crippen LogP) is 2.84. The van der Waals surface area contributed by atoms with E-state index in [1.54, 1.807) is 12.1 Å². The summed E-state index contributed by atoms with van der Waals surface area (Å²) >= 11 is 0. The van der Waals surface area contributed by atoms with Crippen molar-refractivity contribution in [1.29, 1.82) is 0 Å². The van der Waals surface area contributed by atoms with E-state index in [0.29, 0.717) is 17.2 Å². The van der Waals surface area contributed by atoms with Crippen molar-refractivity contribution >= 4 is 32.9 Å². The SMILES string of the molecule is COc1cc(N=Nc2cc(S(=O)(=O)O)c(N)cc2N)c(OC)cc1C. The van der Waals surface area contributed by atoms with Crippen LogP contribution in [-0.2, 0) is 10.1 Å². The molecule has 0 aliphatic heterocycles. The Balaban J connectivity index is 2.53. The van der Waals surface area contributed by atoms with Crippen LogP contribution in [0.3, 0.4) is 0 Å². The number of ether oxygens (including phenoxy) is 2. The number of rotatable bonds is 5. The van der Waals surface area contributed by atoms with Crippen LogP contribution in [0.25, 0.3) is 0 Å². The number of nitrogens with zero attached hydrogens (tertiary/aromatic N) is 2. The minimum atomic E-state index is -4.51. The third kappa shape index (κ3) is 3.98. The third-order valence-corrected chi connectivity index (χ3v) is 4.31. The van der Waals surface area contributed by atoms with Crippen LogP contribution in [0.1, 0.15) is 5.56 Å². The Morgan fingerprint density at radius 2 is 1.52 bits per heavy atom. The molecule has 0 spiro atoms. The summed E-state index contributed by atoms with van der Waals surface area (Å²) < 4.78 is 42.3. The zero-order valence-electron chi connectivity index (χ0n) is 13.8. The van der Waals surface area contributed by atoms with Crippen molar-refractivity contribution in [1.82, 2.24) is 0 Å². The van der Waals surface area contributed by atoms with Gasteiger partial charge in [0, 0.05) is 6.07 Å². The highest BCUT2D eigenvalue weighted by atomic mass is 32.2. The molecule has 0 saturated carbocycles. The lowest BCUT2D eigenvalue weighted by Crippen LogP contribution is -2.04. The summed E-state index contributed by atoms with van der Waals surface area (Å²) in [5, 5.41) is 7.97. The van der Waals surface area contributed by atoms with Crippen molar-refractivity contribution in [3.05, 3.63) is 29.8 Å². The van der Waals surface area contributed by atoms with Gasteiger partial charge in [0.1, 0.15) is 27.8 Å². The van der Waals surface area contributed by atoms with Crippen LogP contribution in [0.2, 0.25) is 0 Å². The van der Waals surface area contributed by atoms with Crippen LogP contribution >= 0.6 is 0 Å². The monoisotopic (exact) mass is 366 g/mol. The summed E-state index contributed by atoms with van der Waals surface area (Å²) in [6.07, 6.45) is 0. The second-order valence-corrected chi connectivity index (χ2v) is 6.51. The van der Waals surface area contributed by atoms with Gasteiger partial charge in [-0.3, -0.25) is 4.55 Å². The molecule has 0 heterocycles. The van der Waals surface area contributed by atoms with Gasteiger partial charge in [-0.15, -0.1) is 10.2 Å². The molecule has 2 rings (SSSR count). The molecule has 0 unspecified atom stereocenters. The molecule has 2 aromatic rings. The topological polar surface area (TPSA) is 150 Å². The molecule has 2 aromatic carbocycles. The molecule has 0 radical (unpaired) electrons. The van der Waals surface area contributed by atoms with Crippen LogP contribution in [0.4, 0.5) is 22.7 Å². The number of nitrogen functional groups attached to an aromatic ring is 2. The van der Waals surface area contributed by atoms with Gasteiger partial charge in [-0.25, -0.2) is 0 Å². The number of benzene rings is 2. The van der Waals surface area contributed by atoms with E-state index in [1.165, 1.54) is 20.3 Å². The van der Waals surface area contributed by atoms with E-state index < -0.39 is 15.0 Å². The smallest absolute Gasteiger partial charge is 0.296 e. The van der Waals surface area contributed by atoms with Crippen LogP contribution < -0.4 is 20.9 Å². The summed E-state index contributed by atoms with van der Waals surface area (Å²) in [5.41, 5.74) is 12.5. The maximum absolute atomic E-state index is 11.3. The number of anilines is 2. The number of azo groups is 1. The highest BCUT2D eigenvalue weighted by Gasteiger charge is 2.17. The highest BCUT2D eigenvalue weighted by molar-refractivity contribution is 7.86. The molecule has 25 heavy (non-hydrogen) atoms. The zero-order valence-corrected chi connectivity index (χ0v) is 14.7. The Bertz CT molecular complexity index is 941. The minimum Gasteiger partial charge on any atom is -0.496 e. The normalized spacial score (nSPS) is 11.7. The molecule has 0 aromatic heterocycles. The second kappa shape index (κ2) is 6.95. The zero-order chi connectivity index (χ0) is 18.8. The average Bonchev–Trinajstić information content (AvgIpc) is 2.53. The maximum atomic E-state index is 11.3. The lowest BCUT2D eigenvalue weighted by Gasteiger charge is -2.10. The molecule has 10 heteroatoms.